The number of allylic oxidation sites excluding steroid dienone is 1. The maximum Gasteiger partial charge on any atom is 0.309 e. The Hall–Kier alpha value is -0.790. The van der Waals surface area contributed by atoms with Crippen LogP contribution in [0.25, 0.3) is 0 Å². The number of hydrogen-bond acceptors (Lipinski definition) is 2. The molecule has 0 aromatic heterocycles. The number of carbonyl (C=O) groups excluding carboxylic acids is 1. The zero-order valence-corrected chi connectivity index (χ0v) is 9.66. The van der Waals surface area contributed by atoms with Crippen molar-refractivity contribution in [2.75, 3.05) is 0 Å². The molecule has 0 heterocycles. The summed E-state index contributed by atoms with van der Waals surface area (Å²) in [5.41, 5.74) is 1.32. The van der Waals surface area contributed by atoms with Crippen LogP contribution in [0.15, 0.2) is 11.6 Å². The molecule has 0 N–H and O–H groups in total. The molecule has 0 saturated heterocycles. The smallest absolute Gasteiger partial charge is 0.309 e. The zero-order chi connectivity index (χ0) is 10.8. The highest BCUT2D eigenvalue weighted by Gasteiger charge is 2.32. The Morgan fingerprint density at radius 3 is 2.73 bits per heavy atom. The van der Waals surface area contributed by atoms with Gasteiger partial charge in [-0.3, -0.25) is 4.79 Å². The first kappa shape index (κ1) is 10.7. The van der Waals surface area contributed by atoms with Gasteiger partial charge < -0.3 is 4.74 Å². The second-order valence-electron chi connectivity index (χ2n) is 5.01. The van der Waals surface area contributed by atoms with Crippen molar-refractivity contribution in [3.63, 3.8) is 0 Å². The molecule has 1 unspecified atom stereocenters. The van der Waals surface area contributed by atoms with E-state index in [1.807, 2.05) is 6.92 Å². The van der Waals surface area contributed by atoms with Gasteiger partial charge in [0.05, 0.1) is 5.92 Å². The van der Waals surface area contributed by atoms with Crippen LogP contribution >= 0.6 is 0 Å². The summed E-state index contributed by atoms with van der Waals surface area (Å²) < 4.78 is 5.44. The molecule has 2 nitrogen and oxygen atoms in total. The van der Waals surface area contributed by atoms with Crippen molar-refractivity contribution in [2.24, 2.45) is 11.8 Å². The van der Waals surface area contributed by atoms with Crippen molar-refractivity contribution < 1.29 is 9.53 Å². The molecule has 1 fully saturated rings. The summed E-state index contributed by atoms with van der Waals surface area (Å²) in [5, 5.41) is 0. The van der Waals surface area contributed by atoms with Gasteiger partial charge in [-0.25, -0.2) is 0 Å². The molecule has 2 atom stereocenters. The monoisotopic (exact) mass is 208 g/mol. The van der Waals surface area contributed by atoms with Crippen LogP contribution in [0.3, 0.4) is 0 Å². The number of carbonyl (C=O) groups is 1. The maximum absolute atomic E-state index is 11.5. The summed E-state index contributed by atoms with van der Waals surface area (Å²) in [6.07, 6.45) is 7.80. The van der Waals surface area contributed by atoms with Crippen molar-refractivity contribution in [2.45, 2.75) is 52.1 Å². The predicted octanol–water partition coefficient (Wildman–Crippen LogP) is 3.07. The van der Waals surface area contributed by atoms with Gasteiger partial charge in [0, 0.05) is 0 Å². The van der Waals surface area contributed by atoms with Crippen LogP contribution in [0.1, 0.15) is 46.0 Å². The molecule has 1 saturated carbocycles. The average molecular weight is 208 g/mol. The quantitative estimate of drug-likeness (QED) is 0.526. The van der Waals surface area contributed by atoms with Crippen LogP contribution in [0, 0.1) is 11.8 Å². The van der Waals surface area contributed by atoms with E-state index in [2.05, 4.69) is 13.0 Å². The fourth-order valence-electron chi connectivity index (χ4n) is 2.02. The summed E-state index contributed by atoms with van der Waals surface area (Å²) >= 11 is 0. The number of hydrogen-bond donors (Lipinski definition) is 0. The molecular formula is C13H20O2. The molecule has 84 valence electrons. The van der Waals surface area contributed by atoms with Crippen molar-refractivity contribution in [1.82, 2.24) is 0 Å². The second-order valence-corrected chi connectivity index (χ2v) is 5.01. The first-order valence-electron chi connectivity index (χ1n) is 6.06. The molecular weight excluding hydrogens is 188 g/mol. The Balaban J connectivity index is 1.84. The summed E-state index contributed by atoms with van der Waals surface area (Å²) in [5.74, 6) is 1.03. The van der Waals surface area contributed by atoms with Crippen LogP contribution in [-0.4, -0.2) is 12.1 Å². The van der Waals surface area contributed by atoms with E-state index in [9.17, 15) is 4.79 Å². The third-order valence-electron chi connectivity index (χ3n) is 3.43. The van der Waals surface area contributed by atoms with Crippen LogP contribution in [0.4, 0.5) is 0 Å². The van der Waals surface area contributed by atoms with Gasteiger partial charge >= 0.3 is 5.97 Å². The van der Waals surface area contributed by atoms with Gasteiger partial charge in [-0.05, 0) is 50.5 Å². The molecule has 2 heteroatoms. The largest absolute Gasteiger partial charge is 0.458 e. The van der Waals surface area contributed by atoms with Crippen LogP contribution in [0.2, 0.25) is 0 Å². The third-order valence-corrected chi connectivity index (χ3v) is 3.43. The highest BCUT2D eigenvalue weighted by atomic mass is 16.5. The van der Waals surface area contributed by atoms with E-state index in [0.29, 0.717) is 0 Å². The number of rotatable bonds is 3. The van der Waals surface area contributed by atoms with E-state index in [1.165, 1.54) is 12.0 Å². The van der Waals surface area contributed by atoms with Gasteiger partial charge in [0.2, 0.25) is 0 Å². The minimum atomic E-state index is 0.00519. The van der Waals surface area contributed by atoms with Crippen molar-refractivity contribution in [3.8, 4) is 0 Å². The second kappa shape index (κ2) is 4.38. The molecule has 2 rings (SSSR count). The van der Waals surface area contributed by atoms with E-state index >= 15 is 0 Å². The fraction of sp³-hybridized carbons (Fsp3) is 0.769. The number of ether oxygens (including phenoxy) is 1. The molecule has 0 spiro atoms. The normalized spacial score (nSPS) is 28.1. The van der Waals surface area contributed by atoms with E-state index in [1.54, 1.807) is 0 Å². The molecule has 0 aromatic carbocycles. The van der Waals surface area contributed by atoms with Crippen LogP contribution in [0.5, 0.6) is 0 Å². The summed E-state index contributed by atoms with van der Waals surface area (Å²) in [7, 11) is 0. The molecule has 15 heavy (non-hydrogen) atoms. The molecule has 0 amide bonds. The van der Waals surface area contributed by atoms with Gasteiger partial charge in [-0.15, -0.1) is 0 Å². The lowest BCUT2D eigenvalue weighted by molar-refractivity contribution is -0.148. The highest BCUT2D eigenvalue weighted by molar-refractivity contribution is 5.75. The van der Waals surface area contributed by atoms with Crippen molar-refractivity contribution in [1.29, 1.82) is 0 Å². The summed E-state index contributed by atoms with van der Waals surface area (Å²) in [6, 6.07) is 0. The Labute approximate surface area is 91.7 Å². The Kier molecular flexibility index (Phi) is 3.13. The van der Waals surface area contributed by atoms with Crippen LogP contribution < -0.4 is 0 Å². The Bertz CT molecular complexity index is 276. The Morgan fingerprint density at radius 2 is 2.20 bits per heavy atom. The fourth-order valence-corrected chi connectivity index (χ4v) is 2.02. The van der Waals surface area contributed by atoms with Crippen molar-refractivity contribution >= 4 is 5.97 Å². The lowest BCUT2D eigenvalue weighted by Gasteiger charge is -2.23. The minimum Gasteiger partial charge on any atom is -0.458 e. The van der Waals surface area contributed by atoms with Gasteiger partial charge in [-0.1, -0.05) is 13.0 Å². The lowest BCUT2D eigenvalue weighted by Crippen LogP contribution is -2.20. The Morgan fingerprint density at radius 1 is 1.47 bits per heavy atom. The topological polar surface area (TPSA) is 26.3 Å². The lowest BCUT2D eigenvalue weighted by atomic mass is 9.89. The summed E-state index contributed by atoms with van der Waals surface area (Å²) in [4.78, 5) is 11.5. The molecule has 0 aliphatic heterocycles. The van der Waals surface area contributed by atoms with E-state index < -0.39 is 0 Å². The first-order valence-corrected chi connectivity index (χ1v) is 6.06. The van der Waals surface area contributed by atoms with Gasteiger partial charge in [0.15, 0.2) is 0 Å². The maximum atomic E-state index is 11.5. The molecule has 2 aliphatic rings. The average Bonchev–Trinajstić information content (AvgIpc) is 3.01. The molecule has 0 radical (unpaired) electrons. The predicted molar refractivity (Wildman–Crippen MR) is 59.4 cm³/mol. The SMILES string of the molecule is CC(OC(=O)C1CC1)C1=CC[C@H](C)CC1. The molecule has 2 aliphatic carbocycles. The standard InChI is InChI=1S/C13H20O2/c1-9-3-5-11(6-4-9)10(2)15-13(14)12-7-8-12/h5,9-10,12H,3-4,6-8H2,1-2H3/t9-,10?/m0/s1. The van der Waals surface area contributed by atoms with E-state index in [4.69, 9.17) is 4.74 Å². The van der Waals surface area contributed by atoms with Crippen molar-refractivity contribution in [3.05, 3.63) is 11.6 Å². The third kappa shape index (κ3) is 2.83. The molecule has 0 bridgehead atoms. The minimum absolute atomic E-state index is 0.00519. The molecule has 0 aromatic rings. The first-order chi connectivity index (χ1) is 7.16. The van der Waals surface area contributed by atoms with Crippen LogP contribution in [-0.2, 0) is 9.53 Å². The zero-order valence-electron chi connectivity index (χ0n) is 9.66. The van der Waals surface area contributed by atoms with E-state index in [-0.39, 0.29) is 18.0 Å². The van der Waals surface area contributed by atoms with Gasteiger partial charge in [-0.2, -0.15) is 0 Å². The van der Waals surface area contributed by atoms with Gasteiger partial charge in [0.1, 0.15) is 6.10 Å². The van der Waals surface area contributed by atoms with Gasteiger partial charge in [0.25, 0.3) is 0 Å². The van der Waals surface area contributed by atoms with E-state index in [0.717, 1.165) is 31.6 Å². The summed E-state index contributed by atoms with van der Waals surface area (Å²) in [6.45, 7) is 4.27. The highest BCUT2D eigenvalue weighted by Crippen LogP contribution is 2.32. The number of esters is 1.